The Morgan fingerprint density at radius 2 is 1.71 bits per heavy atom. The monoisotopic (exact) mass is 384 g/mol. The normalized spacial score (nSPS) is 11.4. The van der Waals surface area contributed by atoms with Crippen LogP contribution in [0.25, 0.3) is 0 Å². The number of amides is 2. The number of carbonyl (C=O) groups is 3. The van der Waals surface area contributed by atoms with E-state index in [0.717, 1.165) is 12.0 Å². The van der Waals surface area contributed by atoms with Crippen molar-refractivity contribution in [3.05, 3.63) is 59.7 Å². The van der Waals surface area contributed by atoms with Gasteiger partial charge in [0.25, 0.3) is 11.8 Å². The quantitative estimate of drug-likeness (QED) is 0.647. The number of hydrogen-bond donors (Lipinski definition) is 2. The van der Waals surface area contributed by atoms with Crippen molar-refractivity contribution in [2.24, 2.45) is 5.73 Å². The maximum absolute atomic E-state index is 12.2. The van der Waals surface area contributed by atoms with Gasteiger partial charge in [0.05, 0.1) is 5.56 Å². The molecular formula is C21H24N2O5. The van der Waals surface area contributed by atoms with Crippen LogP contribution in [0.2, 0.25) is 0 Å². The maximum atomic E-state index is 12.2. The van der Waals surface area contributed by atoms with E-state index < -0.39 is 24.4 Å². The minimum atomic E-state index is -0.633. The van der Waals surface area contributed by atoms with Gasteiger partial charge in [-0.1, -0.05) is 32.0 Å². The van der Waals surface area contributed by atoms with Gasteiger partial charge in [0, 0.05) is 5.69 Å². The summed E-state index contributed by atoms with van der Waals surface area (Å²) >= 11 is 0. The molecule has 0 radical (unpaired) electrons. The summed E-state index contributed by atoms with van der Waals surface area (Å²) in [5.41, 5.74) is 7.02. The summed E-state index contributed by atoms with van der Waals surface area (Å²) in [6.45, 7) is 3.52. The molecule has 28 heavy (non-hydrogen) atoms. The molecule has 7 heteroatoms. The number of ether oxygens (including phenoxy) is 2. The second kappa shape index (κ2) is 10.1. The van der Waals surface area contributed by atoms with E-state index in [1.54, 1.807) is 0 Å². The average molecular weight is 384 g/mol. The summed E-state index contributed by atoms with van der Waals surface area (Å²) < 4.78 is 10.2. The van der Waals surface area contributed by atoms with Gasteiger partial charge in [0.15, 0.2) is 13.2 Å². The molecule has 7 nitrogen and oxygen atoms in total. The van der Waals surface area contributed by atoms with Crippen LogP contribution in [0.4, 0.5) is 5.69 Å². The van der Waals surface area contributed by atoms with Crippen LogP contribution < -0.4 is 15.8 Å². The molecule has 0 aliphatic carbocycles. The second-order valence-electron chi connectivity index (χ2n) is 6.30. The van der Waals surface area contributed by atoms with Crippen LogP contribution in [0.3, 0.4) is 0 Å². The third-order valence-corrected chi connectivity index (χ3v) is 4.18. The number of hydrogen-bond acceptors (Lipinski definition) is 5. The predicted octanol–water partition coefficient (Wildman–Crippen LogP) is 2.86. The van der Waals surface area contributed by atoms with Crippen LogP contribution in [0.5, 0.6) is 5.75 Å². The van der Waals surface area contributed by atoms with Crippen LogP contribution >= 0.6 is 0 Å². The number of primary amides is 1. The van der Waals surface area contributed by atoms with Crippen LogP contribution in [0.1, 0.15) is 42.1 Å². The van der Waals surface area contributed by atoms with E-state index in [2.05, 4.69) is 19.2 Å². The lowest BCUT2D eigenvalue weighted by atomic mass is 9.97. The Morgan fingerprint density at radius 1 is 1.04 bits per heavy atom. The molecule has 2 aromatic rings. The molecule has 0 saturated heterocycles. The lowest BCUT2D eigenvalue weighted by molar-refractivity contribution is -0.120. The molecule has 0 heterocycles. The molecule has 0 saturated carbocycles. The molecule has 0 fully saturated rings. The molecule has 3 N–H and O–H groups in total. The van der Waals surface area contributed by atoms with E-state index in [-0.39, 0.29) is 12.2 Å². The highest BCUT2D eigenvalue weighted by molar-refractivity contribution is 5.96. The smallest absolute Gasteiger partial charge is 0.338 e. The Morgan fingerprint density at radius 3 is 2.36 bits per heavy atom. The van der Waals surface area contributed by atoms with Crippen molar-refractivity contribution in [1.82, 2.24) is 0 Å². The van der Waals surface area contributed by atoms with Gasteiger partial charge in [-0.15, -0.1) is 0 Å². The first kappa shape index (κ1) is 21.0. The number of carbonyl (C=O) groups excluding carboxylic acids is 3. The fourth-order valence-corrected chi connectivity index (χ4v) is 2.50. The molecular weight excluding hydrogens is 360 g/mol. The van der Waals surface area contributed by atoms with Crippen molar-refractivity contribution in [2.75, 3.05) is 18.5 Å². The molecule has 2 amide bonds. The molecule has 0 aromatic heterocycles. The van der Waals surface area contributed by atoms with Gasteiger partial charge in [0.2, 0.25) is 0 Å². The molecule has 2 rings (SSSR count). The van der Waals surface area contributed by atoms with Gasteiger partial charge < -0.3 is 20.5 Å². The molecule has 0 unspecified atom stereocenters. The number of nitrogens with two attached hydrogens (primary N) is 1. The number of anilines is 1. The maximum Gasteiger partial charge on any atom is 0.338 e. The fourth-order valence-electron chi connectivity index (χ4n) is 2.50. The van der Waals surface area contributed by atoms with Gasteiger partial charge in [-0.25, -0.2) is 4.79 Å². The Balaban J connectivity index is 1.89. The summed E-state index contributed by atoms with van der Waals surface area (Å²) in [4.78, 5) is 34.9. The zero-order valence-corrected chi connectivity index (χ0v) is 15.9. The number of nitrogens with one attached hydrogen (secondary N) is 1. The summed E-state index contributed by atoms with van der Waals surface area (Å²) in [5, 5.41) is 2.79. The number of benzene rings is 2. The average Bonchev–Trinajstić information content (AvgIpc) is 2.70. The van der Waals surface area contributed by atoms with Gasteiger partial charge in [-0.3, -0.25) is 9.59 Å². The van der Waals surface area contributed by atoms with Crippen LogP contribution in [0, 0.1) is 0 Å². The van der Waals surface area contributed by atoms with Gasteiger partial charge >= 0.3 is 5.97 Å². The molecule has 0 spiro atoms. The van der Waals surface area contributed by atoms with E-state index in [1.165, 1.54) is 24.3 Å². The minimum Gasteiger partial charge on any atom is -0.484 e. The summed E-state index contributed by atoms with van der Waals surface area (Å²) in [5.74, 6) is -0.939. The van der Waals surface area contributed by atoms with E-state index in [4.69, 9.17) is 15.2 Å². The van der Waals surface area contributed by atoms with Crippen molar-refractivity contribution < 1.29 is 23.9 Å². The Hall–Kier alpha value is -3.35. The predicted molar refractivity (Wildman–Crippen MR) is 105 cm³/mol. The third-order valence-electron chi connectivity index (χ3n) is 4.18. The Bertz CT molecular complexity index is 833. The minimum absolute atomic E-state index is 0.248. The van der Waals surface area contributed by atoms with Crippen LogP contribution in [-0.4, -0.2) is 31.0 Å². The summed E-state index contributed by atoms with van der Waals surface area (Å²) in [7, 11) is 0. The molecule has 0 aliphatic rings. The Kier molecular flexibility index (Phi) is 7.56. The van der Waals surface area contributed by atoms with E-state index in [1.807, 2.05) is 24.3 Å². The molecule has 0 aliphatic heterocycles. The topological polar surface area (TPSA) is 108 Å². The SMILES string of the molecule is CC[C@H](C)c1ccccc1NC(=O)COC(=O)c1ccc(OCC(N)=O)cc1. The lowest BCUT2D eigenvalue weighted by Crippen LogP contribution is -2.22. The fraction of sp³-hybridized carbons (Fsp3) is 0.286. The summed E-state index contributed by atoms with van der Waals surface area (Å²) in [6.07, 6.45) is 0.945. The number of para-hydroxylation sites is 1. The molecule has 2 aromatic carbocycles. The van der Waals surface area contributed by atoms with Crippen LogP contribution in [-0.2, 0) is 14.3 Å². The zero-order valence-electron chi connectivity index (χ0n) is 15.9. The highest BCUT2D eigenvalue weighted by Crippen LogP contribution is 2.26. The third kappa shape index (κ3) is 6.12. The summed E-state index contributed by atoms with van der Waals surface area (Å²) in [6, 6.07) is 13.6. The molecule has 0 bridgehead atoms. The van der Waals surface area contributed by atoms with E-state index >= 15 is 0 Å². The first-order valence-corrected chi connectivity index (χ1v) is 8.97. The van der Waals surface area contributed by atoms with E-state index in [9.17, 15) is 14.4 Å². The van der Waals surface area contributed by atoms with Gasteiger partial charge in [0.1, 0.15) is 5.75 Å². The van der Waals surface area contributed by atoms with Crippen molar-refractivity contribution in [2.45, 2.75) is 26.2 Å². The standard InChI is InChI=1S/C21H24N2O5/c1-3-14(2)17-6-4-5-7-18(17)23-20(25)13-28-21(26)15-8-10-16(11-9-15)27-12-19(22)24/h4-11,14H,3,12-13H2,1-2H3,(H2,22,24)(H,23,25)/t14-/m0/s1. The van der Waals surface area contributed by atoms with Crippen molar-refractivity contribution >= 4 is 23.5 Å². The zero-order chi connectivity index (χ0) is 20.5. The largest absolute Gasteiger partial charge is 0.484 e. The second-order valence-corrected chi connectivity index (χ2v) is 6.30. The van der Waals surface area contributed by atoms with Crippen molar-refractivity contribution in [3.8, 4) is 5.75 Å². The number of esters is 1. The van der Waals surface area contributed by atoms with Crippen molar-refractivity contribution in [3.63, 3.8) is 0 Å². The highest BCUT2D eigenvalue weighted by atomic mass is 16.5. The first-order chi connectivity index (χ1) is 13.4. The van der Waals surface area contributed by atoms with Crippen LogP contribution in [0.15, 0.2) is 48.5 Å². The van der Waals surface area contributed by atoms with Crippen molar-refractivity contribution in [1.29, 1.82) is 0 Å². The Labute approximate surface area is 163 Å². The van der Waals surface area contributed by atoms with Gasteiger partial charge in [-0.05, 0) is 48.2 Å². The molecule has 1 atom stereocenters. The lowest BCUT2D eigenvalue weighted by Gasteiger charge is -2.15. The van der Waals surface area contributed by atoms with Gasteiger partial charge in [-0.2, -0.15) is 0 Å². The highest BCUT2D eigenvalue weighted by Gasteiger charge is 2.14. The number of rotatable bonds is 9. The first-order valence-electron chi connectivity index (χ1n) is 8.97. The molecule has 148 valence electrons. The van der Waals surface area contributed by atoms with E-state index in [0.29, 0.717) is 17.4 Å².